The topological polar surface area (TPSA) is 78.5 Å². The molecular weight excluding hydrogens is 351 g/mol. The van der Waals surface area contributed by atoms with E-state index in [4.69, 9.17) is 0 Å². The van der Waals surface area contributed by atoms with E-state index in [9.17, 15) is 27.6 Å². The number of hydrogen-bond acceptors (Lipinski definition) is 4. The number of carbonyl (C=O) groups is 3. The summed E-state index contributed by atoms with van der Waals surface area (Å²) < 4.78 is 36.7. The maximum Gasteiger partial charge on any atom is 0.405 e. The van der Waals surface area contributed by atoms with Gasteiger partial charge in [-0.1, -0.05) is 12.1 Å². The number of anilines is 1. The van der Waals surface area contributed by atoms with Gasteiger partial charge in [-0.2, -0.15) is 13.2 Å². The monoisotopic (exact) mass is 371 g/mol. The number of nitrogens with one attached hydrogen (secondary N) is 2. The molecule has 26 heavy (non-hydrogen) atoms. The van der Waals surface area contributed by atoms with Gasteiger partial charge in [0, 0.05) is 11.3 Å². The Balaban J connectivity index is 1.92. The van der Waals surface area contributed by atoms with Crippen LogP contribution in [0.1, 0.15) is 30.1 Å². The smallest absolute Gasteiger partial charge is 0.346 e. The van der Waals surface area contributed by atoms with E-state index in [0.29, 0.717) is 30.6 Å². The van der Waals surface area contributed by atoms with Gasteiger partial charge in [-0.25, -0.2) is 0 Å². The number of hydrogen-bond donors (Lipinski definition) is 2. The van der Waals surface area contributed by atoms with Crippen LogP contribution in [0.3, 0.4) is 0 Å². The molecule has 9 heteroatoms. The number of Topliss-reactive ketones (excluding diaryl/α,β-unsaturated/α-hetero) is 1. The normalized spacial score (nSPS) is 17.8. The van der Waals surface area contributed by atoms with Crippen molar-refractivity contribution in [2.24, 2.45) is 0 Å². The molecule has 0 bridgehead atoms. The molecule has 142 valence electrons. The van der Waals surface area contributed by atoms with Crippen molar-refractivity contribution >= 4 is 23.3 Å². The molecule has 1 atom stereocenters. The fourth-order valence-electron chi connectivity index (χ4n) is 2.82. The second-order valence-electron chi connectivity index (χ2n) is 6.15. The highest BCUT2D eigenvalue weighted by Crippen LogP contribution is 2.19. The van der Waals surface area contributed by atoms with Gasteiger partial charge in [0.15, 0.2) is 5.78 Å². The van der Waals surface area contributed by atoms with Crippen molar-refractivity contribution < 1.29 is 27.6 Å². The second-order valence-corrected chi connectivity index (χ2v) is 6.15. The van der Waals surface area contributed by atoms with E-state index < -0.39 is 30.6 Å². The third-order valence-corrected chi connectivity index (χ3v) is 4.03. The molecule has 1 unspecified atom stereocenters. The van der Waals surface area contributed by atoms with Crippen LogP contribution in [-0.2, 0) is 9.59 Å². The Labute approximate surface area is 148 Å². The lowest BCUT2D eigenvalue weighted by molar-refractivity contribution is -0.141. The second kappa shape index (κ2) is 8.31. The number of likely N-dealkylation sites (tertiary alicyclic amines) is 1. The van der Waals surface area contributed by atoms with E-state index in [2.05, 4.69) is 5.32 Å². The quantitative estimate of drug-likeness (QED) is 0.750. The van der Waals surface area contributed by atoms with Gasteiger partial charge in [-0.15, -0.1) is 0 Å². The van der Waals surface area contributed by atoms with E-state index in [1.54, 1.807) is 23.1 Å². The Morgan fingerprint density at radius 2 is 2.00 bits per heavy atom. The molecule has 2 N–H and O–H groups in total. The molecular formula is C17H20F3N3O3. The fraction of sp³-hybridized carbons (Fsp3) is 0.471. The summed E-state index contributed by atoms with van der Waals surface area (Å²) >= 11 is 0. The lowest BCUT2D eigenvalue weighted by Gasteiger charge is -2.23. The van der Waals surface area contributed by atoms with Gasteiger partial charge in [-0.3, -0.25) is 19.3 Å². The number of alkyl halides is 3. The lowest BCUT2D eigenvalue weighted by Crippen LogP contribution is -2.47. The molecule has 1 saturated heterocycles. The number of rotatable bonds is 6. The molecule has 2 amide bonds. The summed E-state index contributed by atoms with van der Waals surface area (Å²) in [6.07, 6.45) is -3.45. The van der Waals surface area contributed by atoms with Gasteiger partial charge in [0.1, 0.15) is 6.54 Å². The van der Waals surface area contributed by atoms with Crippen molar-refractivity contribution in [3.05, 3.63) is 29.8 Å². The maximum absolute atomic E-state index is 12.2. The number of nitrogens with zero attached hydrogens (tertiary/aromatic N) is 1. The molecule has 1 heterocycles. The Morgan fingerprint density at radius 1 is 1.27 bits per heavy atom. The number of ketones is 1. The lowest BCUT2D eigenvalue weighted by atomic mass is 10.1. The molecule has 1 aromatic carbocycles. The minimum absolute atomic E-state index is 0.117. The van der Waals surface area contributed by atoms with Gasteiger partial charge in [0.2, 0.25) is 11.8 Å². The molecule has 0 spiro atoms. The standard InChI is InChI=1S/C17H20F3N3O3/c1-11(24)12-4-2-5-13(8-12)22-15(25)9-23-7-3-6-14(23)16(26)21-10-17(18,19)20/h2,4-5,8,14H,3,6-7,9-10H2,1H3,(H,21,26)(H,22,25). The van der Waals surface area contributed by atoms with Gasteiger partial charge >= 0.3 is 6.18 Å². The van der Waals surface area contributed by atoms with Crippen molar-refractivity contribution in [2.45, 2.75) is 32.0 Å². The first-order valence-electron chi connectivity index (χ1n) is 8.15. The first kappa shape index (κ1) is 19.9. The first-order chi connectivity index (χ1) is 12.2. The summed E-state index contributed by atoms with van der Waals surface area (Å²) in [6.45, 7) is 0.356. The van der Waals surface area contributed by atoms with Crippen molar-refractivity contribution in [3.63, 3.8) is 0 Å². The van der Waals surface area contributed by atoms with Crippen LogP contribution in [0.15, 0.2) is 24.3 Å². The van der Waals surface area contributed by atoms with Crippen LogP contribution in [0.5, 0.6) is 0 Å². The molecule has 1 aromatic rings. The Hall–Kier alpha value is -2.42. The summed E-state index contributed by atoms with van der Waals surface area (Å²) in [6, 6.07) is 5.67. The van der Waals surface area contributed by atoms with Crippen molar-refractivity contribution in [2.75, 3.05) is 25.0 Å². The molecule has 0 aromatic heterocycles. The summed E-state index contributed by atoms with van der Waals surface area (Å²) in [4.78, 5) is 37.0. The van der Waals surface area contributed by atoms with Crippen LogP contribution >= 0.6 is 0 Å². The summed E-state index contributed by atoms with van der Waals surface area (Å²) in [7, 11) is 0. The molecule has 2 rings (SSSR count). The summed E-state index contributed by atoms with van der Waals surface area (Å²) in [5.74, 6) is -1.27. The molecule has 0 radical (unpaired) electrons. The van der Waals surface area contributed by atoms with Crippen molar-refractivity contribution in [1.29, 1.82) is 0 Å². The Kier molecular flexibility index (Phi) is 6.36. The third-order valence-electron chi connectivity index (χ3n) is 4.03. The molecule has 0 saturated carbocycles. The van der Waals surface area contributed by atoms with Crippen LogP contribution in [0.4, 0.5) is 18.9 Å². The molecule has 0 aliphatic carbocycles. The van der Waals surface area contributed by atoms with Crippen LogP contribution in [-0.4, -0.2) is 54.3 Å². The van der Waals surface area contributed by atoms with Crippen LogP contribution in [0.2, 0.25) is 0 Å². The first-order valence-corrected chi connectivity index (χ1v) is 8.15. The number of benzene rings is 1. The Morgan fingerprint density at radius 3 is 2.65 bits per heavy atom. The largest absolute Gasteiger partial charge is 0.405 e. The number of halogens is 3. The highest BCUT2D eigenvalue weighted by molar-refractivity contribution is 5.97. The van der Waals surface area contributed by atoms with Crippen LogP contribution in [0.25, 0.3) is 0 Å². The molecule has 1 fully saturated rings. The fourth-order valence-corrected chi connectivity index (χ4v) is 2.82. The minimum Gasteiger partial charge on any atom is -0.346 e. The minimum atomic E-state index is -4.47. The van der Waals surface area contributed by atoms with Crippen molar-refractivity contribution in [1.82, 2.24) is 10.2 Å². The highest BCUT2D eigenvalue weighted by atomic mass is 19.4. The van der Waals surface area contributed by atoms with Gasteiger partial charge in [-0.05, 0) is 38.4 Å². The zero-order valence-corrected chi connectivity index (χ0v) is 14.2. The zero-order chi connectivity index (χ0) is 19.3. The van der Waals surface area contributed by atoms with E-state index in [1.165, 1.54) is 13.0 Å². The predicted molar refractivity (Wildman–Crippen MR) is 88.7 cm³/mol. The average molecular weight is 371 g/mol. The van der Waals surface area contributed by atoms with E-state index in [0.717, 1.165) is 0 Å². The van der Waals surface area contributed by atoms with E-state index in [1.807, 2.05) is 5.32 Å². The molecule has 6 nitrogen and oxygen atoms in total. The number of carbonyl (C=O) groups excluding carboxylic acids is 3. The predicted octanol–water partition coefficient (Wildman–Crippen LogP) is 1.97. The van der Waals surface area contributed by atoms with Gasteiger partial charge in [0.05, 0.1) is 12.6 Å². The van der Waals surface area contributed by atoms with E-state index >= 15 is 0 Å². The van der Waals surface area contributed by atoms with Gasteiger partial charge in [0.25, 0.3) is 0 Å². The van der Waals surface area contributed by atoms with Crippen molar-refractivity contribution in [3.8, 4) is 0 Å². The van der Waals surface area contributed by atoms with Crippen LogP contribution < -0.4 is 10.6 Å². The summed E-state index contributed by atoms with van der Waals surface area (Å²) in [5, 5.41) is 4.50. The van der Waals surface area contributed by atoms with E-state index in [-0.39, 0.29) is 12.3 Å². The molecule has 1 aliphatic rings. The average Bonchev–Trinajstić information content (AvgIpc) is 3.00. The highest BCUT2D eigenvalue weighted by Gasteiger charge is 2.34. The zero-order valence-electron chi connectivity index (χ0n) is 14.2. The van der Waals surface area contributed by atoms with Crippen LogP contribution in [0, 0.1) is 0 Å². The SMILES string of the molecule is CC(=O)c1cccc(NC(=O)CN2CCCC2C(=O)NCC(F)(F)F)c1. The molecule has 1 aliphatic heterocycles. The van der Waals surface area contributed by atoms with Gasteiger partial charge < -0.3 is 10.6 Å². The third kappa shape index (κ3) is 5.83. The maximum atomic E-state index is 12.2. The Bertz CT molecular complexity index is 691. The summed E-state index contributed by atoms with van der Waals surface area (Å²) in [5.41, 5.74) is 0.897. The number of amides is 2.